The van der Waals surface area contributed by atoms with Gasteiger partial charge in [-0.1, -0.05) is 0 Å². The lowest BCUT2D eigenvalue weighted by atomic mass is 10.1. The van der Waals surface area contributed by atoms with Crippen LogP contribution in [0.2, 0.25) is 0 Å². The SMILES string of the molecule is COC(=O)c1ccc2c(c1)c(-c1ccnc(C)n1)cn2C. The summed E-state index contributed by atoms with van der Waals surface area (Å²) in [6.45, 7) is 1.86. The summed E-state index contributed by atoms with van der Waals surface area (Å²) in [6, 6.07) is 7.39. The zero-order valence-electron chi connectivity index (χ0n) is 12.1. The van der Waals surface area contributed by atoms with Crippen molar-refractivity contribution in [2.24, 2.45) is 7.05 Å². The van der Waals surface area contributed by atoms with Crippen LogP contribution >= 0.6 is 0 Å². The van der Waals surface area contributed by atoms with Gasteiger partial charge in [-0.2, -0.15) is 0 Å². The van der Waals surface area contributed by atoms with Gasteiger partial charge in [-0.15, -0.1) is 0 Å². The first kappa shape index (κ1) is 13.3. The number of rotatable bonds is 2. The summed E-state index contributed by atoms with van der Waals surface area (Å²) in [6.07, 6.45) is 3.74. The fourth-order valence-electron chi connectivity index (χ4n) is 2.45. The number of nitrogens with zero attached hydrogens (tertiary/aromatic N) is 3. The van der Waals surface area contributed by atoms with Crippen molar-refractivity contribution >= 4 is 16.9 Å². The molecule has 0 N–H and O–H groups in total. The number of benzene rings is 1. The predicted octanol–water partition coefficient (Wildman–Crippen LogP) is 2.73. The normalized spacial score (nSPS) is 10.8. The van der Waals surface area contributed by atoms with Gasteiger partial charge in [0.2, 0.25) is 0 Å². The second-order valence-electron chi connectivity index (χ2n) is 4.87. The molecule has 2 heterocycles. The third kappa shape index (κ3) is 2.27. The van der Waals surface area contributed by atoms with Crippen molar-refractivity contribution < 1.29 is 9.53 Å². The first-order valence-electron chi connectivity index (χ1n) is 6.57. The molecule has 0 unspecified atom stereocenters. The number of aryl methyl sites for hydroxylation is 2. The summed E-state index contributed by atoms with van der Waals surface area (Å²) in [7, 11) is 3.35. The third-order valence-electron chi connectivity index (χ3n) is 3.46. The molecule has 0 bridgehead atoms. The van der Waals surface area contributed by atoms with Gasteiger partial charge < -0.3 is 9.30 Å². The summed E-state index contributed by atoms with van der Waals surface area (Å²) in [4.78, 5) is 20.3. The molecule has 0 aliphatic heterocycles. The quantitative estimate of drug-likeness (QED) is 0.678. The zero-order chi connectivity index (χ0) is 15.0. The van der Waals surface area contributed by atoms with Crippen LogP contribution in [0.5, 0.6) is 0 Å². The van der Waals surface area contributed by atoms with Crippen LogP contribution in [0.3, 0.4) is 0 Å². The minimum absolute atomic E-state index is 0.342. The Morgan fingerprint density at radius 2 is 2.10 bits per heavy atom. The highest BCUT2D eigenvalue weighted by Gasteiger charge is 2.13. The van der Waals surface area contributed by atoms with Crippen LogP contribution in [0.15, 0.2) is 36.7 Å². The molecule has 0 radical (unpaired) electrons. The molecule has 0 atom stereocenters. The number of aromatic nitrogens is 3. The van der Waals surface area contributed by atoms with E-state index in [0.717, 1.165) is 22.2 Å². The van der Waals surface area contributed by atoms with Gasteiger partial charge in [-0.3, -0.25) is 0 Å². The van der Waals surface area contributed by atoms with Crippen LogP contribution in [0.1, 0.15) is 16.2 Å². The number of methoxy groups -OCH3 is 1. The first-order valence-corrected chi connectivity index (χ1v) is 6.57. The number of esters is 1. The van der Waals surface area contributed by atoms with Gasteiger partial charge in [0.1, 0.15) is 5.82 Å². The van der Waals surface area contributed by atoms with Crippen molar-refractivity contribution in [1.82, 2.24) is 14.5 Å². The van der Waals surface area contributed by atoms with Gasteiger partial charge >= 0.3 is 5.97 Å². The molecule has 3 rings (SSSR count). The lowest BCUT2D eigenvalue weighted by molar-refractivity contribution is 0.0601. The molecule has 0 saturated carbocycles. The average Bonchev–Trinajstić information content (AvgIpc) is 2.83. The Kier molecular flexibility index (Phi) is 3.17. The van der Waals surface area contributed by atoms with Gasteiger partial charge in [-0.25, -0.2) is 14.8 Å². The summed E-state index contributed by atoms with van der Waals surface area (Å²) in [5.41, 5.74) is 3.39. The maximum atomic E-state index is 11.7. The Hall–Kier alpha value is -2.69. The Morgan fingerprint density at radius 1 is 1.29 bits per heavy atom. The molecule has 5 heteroatoms. The number of fused-ring (bicyclic) bond motifs is 1. The van der Waals surface area contributed by atoms with Crippen molar-refractivity contribution in [2.45, 2.75) is 6.92 Å². The van der Waals surface area contributed by atoms with E-state index in [2.05, 4.69) is 9.97 Å². The van der Waals surface area contributed by atoms with Crippen LogP contribution in [0, 0.1) is 6.92 Å². The molecule has 106 valence electrons. The van der Waals surface area contributed by atoms with Crippen molar-refractivity contribution in [3.8, 4) is 11.3 Å². The highest BCUT2D eigenvalue weighted by atomic mass is 16.5. The van der Waals surface area contributed by atoms with Crippen molar-refractivity contribution in [2.75, 3.05) is 7.11 Å². The Morgan fingerprint density at radius 3 is 2.81 bits per heavy atom. The summed E-state index contributed by atoms with van der Waals surface area (Å²) >= 11 is 0. The van der Waals surface area contributed by atoms with Gasteiger partial charge in [0.05, 0.1) is 18.4 Å². The number of carbonyl (C=O) groups is 1. The molecule has 3 aromatic rings. The fourth-order valence-corrected chi connectivity index (χ4v) is 2.45. The maximum Gasteiger partial charge on any atom is 0.337 e. The average molecular weight is 281 g/mol. The number of hydrogen-bond donors (Lipinski definition) is 0. The van der Waals surface area contributed by atoms with E-state index in [0.29, 0.717) is 11.4 Å². The molecular weight excluding hydrogens is 266 g/mol. The van der Waals surface area contributed by atoms with E-state index in [1.54, 1.807) is 12.3 Å². The molecular formula is C16H15N3O2. The monoisotopic (exact) mass is 281 g/mol. The van der Waals surface area contributed by atoms with E-state index in [1.165, 1.54) is 7.11 Å². The van der Waals surface area contributed by atoms with E-state index >= 15 is 0 Å². The Labute approximate surface area is 122 Å². The minimum atomic E-state index is -0.342. The number of ether oxygens (including phenoxy) is 1. The van der Waals surface area contributed by atoms with Crippen LogP contribution in [-0.4, -0.2) is 27.6 Å². The smallest absolute Gasteiger partial charge is 0.337 e. The van der Waals surface area contributed by atoms with Crippen LogP contribution in [0.25, 0.3) is 22.2 Å². The molecule has 1 aromatic carbocycles. The van der Waals surface area contributed by atoms with E-state index in [-0.39, 0.29) is 5.97 Å². The lowest BCUT2D eigenvalue weighted by Gasteiger charge is -2.02. The largest absolute Gasteiger partial charge is 0.465 e. The van der Waals surface area contributed by atoms with Gasteiger partial charge in [0, 0.05) is 35.9 Å². The Balaban J connectivity index is 2.25. The van der Waals surface area contributed by atoms with Gasteiger partial charge in [0.25, 0.3) is 0 Å². The predicted molar refractivity (Wildman–Crippen MR) is 80.0 cm³/mol. The number of carbonyl (C=O) groups excluding carboxylic acids is 1. The van der Waals surface area contributed by atoms with Crippen molar-refractivity contribution in [3.05, 3.63) is 48.0 Å². The van der Waals surface area contributed by atoms with E-state index < -0.39 is 0 Å². The van der Waals surface area contributed by atoms with Gasteiger partial charge in [0.15, 0.2) is 0 Å². The minimum Gasteiger partial charge on any atom is -0.465 e. The first-order chi connectivity index (χ1) is 10.1. The summed E-state index contributed by atoms with van der Waals surface area (Å²) in [5, 5.41) is 0.971. The third-order valence-corrected chi connectivity index (χ3v) is 3.46. The van der Waals surface area contributed by atoms with Crippen molar-refractivity contribution in [1.29, 1.82) is 0 Å². The molecule has 5 nitrogen and oxygen atoms in total. The maximum absolute atomic E-state index is 11.7. The second kappa shape index (κ2) is 5.01. The summed E-state index contributed by atoms with van der Waals surface area (Å²) < 4.78 is 6.80. The van der Waals surface area contributed by atoms with Crippen LogP contribution in [0.4, 0.5) is 0 Å². The lowest BCUT2D eigenvalue weighted by Crippen LogP contribution is -2.00. The highest BCUT2D eigenvalue weighted by molar-refractivity contribution is 6.00. The highest BCUT2D eigenvalue weighted by Crippen LogP contribution is 2.29. The van der Waals surface area contributed by atoms with E-state index in [9.17, 15) is 4.79 Å². The van der Waals surface area contributed by atoms with Crippen LogP contribution in [-0.2, 0) is 11.8 Å². The van der Waals surface area contributed by atoms with Gasteiger partial charge in [-0.05, 0) is 31.2 Å². The molecule has 0 aliphatic carbocycles. The Bertz CT molecular complexity index is 837. The fraction of sp³-hybridized carbons (Fsp3) is 0.188. The van der Waals surface area contributed by atoms with Crippen LogP contribution < -0.4 is 0 Å². The second-order valence-corrected chi connectivity index (χ2v) is 4.87. The molecule has 0 saturated heterocycles. The topological polar surface area (TPSA) is 57.0 Å². The van der Waals surface area contributed by atoms with E-state index in [4.69, 9.17) is 4.74 Å². The molecule has 0 fully saturated rings. The summed E-state index contributed by atoms with van der Waals surface area (Å²) in [5.74, 6) is 0.374. The van der Waals surface area contributed by atoms with E-state index in [1.807, 2.05) is 42.9 Å². The molecule has 0 amide bonds. The molecule has 0 spiro atoms. The van der Waals surface area contributed by atoms with Crippen molar-refractivity contribution in [3.63, 3.8) is 0 Å². The molecule has 2 aromatic heterocycles. The molecule has 0 aliphatic rings. The standard InChI is InChI=1S/C16H15N3O2/c1-10-17-7-6-14(18-10)13-9-19(2)15-5-4-11(8-12(13)15)16(20)21-3/h4-9H,1-3H3. The molecule has 21 heavy (non-hydrogen) atoms. The number of hydrogen-bond acceptors (Lipinski definition) is 4. The zero-order valence-corrected chi connectivity index (χ0v) is 12.1.